The quantitative estimate of drug-likeness (QED) is 0.350. The van der Waals surface area contributed by atoms with Crippen molar-refractivity contribution in [3.8, 4) is 0 Å². The van der Waals surface area contributed by atoms with E-state index < -0.39 is 16.8 Å². The molecular weight excluding hydrogens is 150 g/mol. The van der Waals surface area contributed by atoms with Crippen molar-refractivity contribution in [2.45, 2.75) is 38.5 Å². The third-order valence-electron chi connectivity index (χ3n) is 1.53. The van der Waals surface area contributed by atoms with E-state index in [1.54, 1.807) is 0 Å². The van der Waals surface area contributed by atoms with Gasteiger partial charge in [0.25, 0.3) is 0 Å². The molecule has 0 radical (unpaired) electrons. The maximum absolute atomic E-state index is 10.2. The Kier molecular flexibility index (Phi) is 3.41. The highest BCUT2D eigenvalue weighted by molar-refractivity contribution is 4.66. The number of rotatable bonds is 4. The third-order valence-corrected chi connectivity index (χ3v) is 1.53. The molecular formula is C6H13NO4. The van der Waals surface area contributed by atoms with Gasteiger partial charge in [0.15, 0.2) is 0 Å². The van der Waals surface area contributed by atoms with E-state index in [1.165, 1.54) is 13.8 Å². The number of nitro groups is 1. The summed E-state index contributed by atoms with van der Waals surface area (Å²) in [5.41, 5.74) is -1.96. The fraction of sp³-hybridized carbons (Fsp3) is 1.00. The van der Waals surface area contributed by atoms with Crippen LogP contribution in [0.25, 0.3) is 0 Å². The summed E-state index contributed by atoms with van der Waals surface area (Å²) in [5.74, 6) is 0. The molecule has 0 aliphatic rings. The van der Waals surface area contributed by atoms with Crippen LogP contribution in [-0.4, -0.2) is 27.0 Å². The van der Waals surface area contributed by atoms with Crippen LogP contribution >= 0.6 is 0 Å². The summed E-state index contributed by atoms with van der Waals surface area (Å²) in [6.45, 7) is 2.91. The highest BCUT2D eigenvalue weighted by Crippen LogP contribution is 2.17. The molecule has 0 amide bonds. The molecule has 5 nitrogen and oxygen atoms in total. The number of hydrogen-bond acceptors (Lipinski definition) is 4. The van der Waals surface area contributed by atoms with Crippen molar-refractivity contribution in [1.82, 2.24) is 0 Å². The van der Waals surface area contributed by atoms with Crippen LogP contribution in [0.5, 0.6) is 0 Å². The average molecular weight is 163 g/mol. The predicted molar refractivity (Wildman–Crippen MR) is 38.5 cm³/mol. The second-order valence-corrected chi connectivity index (χ2v) is 2.65. The minimum absolute atomic E-state index is 0.00486. The Morgan fingerprint density at radius 2 is 2.18 bits per heavy atom. The zero-order valence-electron chi connectivity index (χ0n) is 6.65. The molecule has 0 fully saturated rings. The van der Waals surface area contributed by atoms with Crippen molar-refractivity contribution in [3.63, 3.8) is 0 Å². The second kappa shape index (κ2) is 3.64. The summed E-state index contributed by atoms with van der Waals surface area (Å²) in [7, 11) is 0. The van der Waals surface area contributed by atoms with Gasteiger partial charge in [-0.05, 0) is 6.92 Å². The average Bonchev–Trinajstić information content (AvgIpc) is 1.86. The van der Waals surface area contributed by atoms with E-state index in [2.05, 4.69) is 0 Å². The Hall–Kier alpha value is -0.680. The normalized spacial score (nSPS) is 18.9. The number of hydrogen-bond donors (Lipinski definition) is 2. The molecule has 0 aromatic carbocycles. The van der Waals surface area contributed by atoms with Gasteiger partial charge in [0, 0.05) is 6.42 Å². The van der Waals surface area contributed by atoms with Crippen molar-refractivity contribution >= 4 is 0 Å². The first kappa shape index (κ1) is 10.3. The Bertz CT molecular complexity index is 148. The molecule has 66 valence electrons. The lowest BCUT2D eigenvalue weighted by Gasteiger charge is -2.18. The number of nitrogens with zero attached hydrogens (tertiary/aromatic N) is 1. The molecule has 0 aromatic rings. The van der Waals surface area contributed by atoms with Gasteiger partial charge < -0.3 is 10.2 Å². The summed E-state index contributed by atoms with van der Waals surface area (Å²) in [6.07, 6.45) is -1.08. The summed E-state index contributed by atoms with van der Waals surface area (Å²) >= 11 is 0. The highest BCUT2D eigenvalue weighted by atomic mass is 16.7. The van der Waals surface area contributed by atoms with Crippen molar-refractivity contribution in [3.05, 3.63) is 10.1 Å². The van der Waals surface area contributed by atoms with E-state index in [0.29, 0.717) is 0 Å². The molecule has 0 bridgehead atoms. The SMILES string of the molecule is CCC(O)(CC(C)O)[N+](=O)[O-]. The fourth-order valence-electron chi connectivity index (χ4n) is 0.821. The first-order valence-corrected chi connectivity index (χ1v) is 3.47. The fourth-order valence-corrected chi connectivity index (χ4v) is 0.821. The van der Waals surface area contributed by atoms with Crippen LogP contribution in [0.15, 0.2) is 0 Å². The van der Waals surface area contributed by atoms with Gasteiger partial charge in [0.2, 0.25) is 0 Å². The molecule has 11 heavy (non-hydrogen) atoms. The van der Waals surface area contributed by atoms with Crippen LogP contribution in [0.4, 0.5) is 0 Å². The van der Waals surface area contributed by atoms with Gasteiger partial charge in [0.05, 0.1) is 17.4 Å². The van der Waals surface area contributed by atoms with Crippen molar-refractivity contribution in [1.29, 1.82) is 0 Å². The van der Waals surface area contributed by atoms with Gasteiger partial charge >= 0.3 is 5.72 Å². The molecule has 0 saturated carbocycles. The monoisotopic (exact) mass is 163 g/mol. The van der Waals surface area contributed by atoms with E-state index in [0.717, 1.165) is 0 Å². The van der Waals surface area contributed by atoms with Gasteiger partial charge in [0.1, 0.15) is 0 Å². The molecule has 2 unspecified atom stereocenters. The highest BCUT2D eigenvalue weighted by Gasteiger charge is 2.39. The van der Waals surface area contributed by atoms with Gasteiger partial charge in [-0.1, -0.05) is 6.92 Å². The van der Waals surface area contributed by atoms with E-state index in [4.69, 9.17) is 5.11 Å². The van der Waals surface area contributed by atoms with Gasteiger partial charge in [-0.2, -0.15) is 0 Å². The Labute approximate surface area is 64.8 Å². The van der Waals surface area contributed by atoms with Crippen LogP contribution in [0.1, 0.15) is 26.7 Å². The molecule has 0 heterocycles. The largest absolute Gasteiger partial charge is 0.393 e. The number of aliphatic hydroxyl groups excluding tert-OH is 1. The molecule has 0 aliphatic carbocycles. The first-order chi connectivity index (χ1) is 4.92. The molecule has 2 N–H and O–H groups in total. The van der Waals surface area contributed by atoms with Gasteiger partial charge in [-0.15, -0.1) is 0 Å². The summed E-state index contributed by atoms with van der Waals surface area (Å²) < 4.78 is 0. The zero-order valence-corrected chi connectivity index (χ0v) is 6.65. The second-order valence-electron chi connectivity index (χ2n) is 2.65. The van der Waals surface area contributed by atoms with E-state index in [9.17, 15) is 15.2 Å². The lowest BCUT2D eigenvalue weighted by molar-refractivity contribution is -0.628. The number of aliphatic hydroxyl groups is 2. The molecule has 0 spiro atoms. The van der Waals surface area contributed by atoms with Crippen LogP contribution in [0.2, 0.25) is 0 Å². The van der Waals surface area contributed by atoms with E-state index in [-0.39, 0.29) is 12.8 Å². The van der Waals surface area contributed by atoms with Crippen molar-refractivity contribution in [2.75, 3.05) is 0 Å². The summed E-state index contributed by atoms with van der Waals surface area (Å²) in [5, 5.41) is 28.2. The third kappa shape index (κ3) is 2.81. The predicted octanol–water partition coefficient (Wildman–Crippen LogP) is 0.133. The lowest BCUT2D eigenvalue weighted by Crippen LogP contribution is -2.40. The Morgan fingerprint density at radius 3 is 2.27 bits per heavy atom. The van der Waals surface area contributed by atoms with Crippen molar-refractivity contribution in [2.24, 2.45) is 0 Å². The van der Waals surface area contributed by atoms with Crippen LogP contribution in [-0.2, 0) is 0 Å². The molecule has 0 aromatic heterocycles. The smallest absolute Gasteiger partial charge is 0.324 e. The molecule has 0 aliphatic heterocycles. The van der Waals surface area contributed by atoms with Crippen LogP contribution < -0.4 is 0 Å². The molecule has 0 rings (SSSR count). The lowest BCUT2D eigenvalue weighted by atomic mass is 10.0. The van der Waals surface area contributed by atoms with Gasteiger partial charge in [-0.3, -0.25) is 10.1 Å². The zero-order chi connectivity index (χ0) is 9.07. The summed E-state index contributed by atoms with van der Waals surface area (Å²) in [6, 6.07) is 0. The molecule has 2 atom stereocenters. The topological polar surface area (TPSA) is 83.6 Å². The first-order valence-electron chi connectivity index (χ1n) is 3.47. The molecule has 0 saturated heterocycles. The molecule has 5 heteroatoms. The van der Waals surface area contributed by atoms with Gasteiger partial charge in [-0.25, -0.2) is 0 Å². The maximum atomic E-state index is 10.2. The standard InChI is InChI=1S/C6H13NO4/c1-3-6(9,7(10)11)4-5(2)8/h5,8-9H,3-4H2,1-2H3. The van der Waals surface area contributed by atoms with E-state index in [1.807, 2.05) is 0 Å². The van der Waals surface area contributed by atoms with Crippen LogP contribution in [0.3, 0.4) is 0 Å². The minimum atomic E-state index is -1.96. The Morgan fingerprint density at radius 1 is 1.73 bits per heavy atom. The summed E-state index contributed by atoms with van der Waals surface area (Å²) in [4.78, 5) is 9.47. The van der Waals surface area contributed by atoms with Crippen molar-refractivity contribution < 1.29 is 15.1 Å². The minimum Gasteiger partial charge on any atom is -0.393 e. The Balaban J connectivity index is 4.22. The van der Waals surface area contributed by atoms with Crippen LogP contribution in [0, 0.1) is 10.1 Å². The maximum Gasteiger partial charge on any atom is 0.324 e. The van der Waals surface area contributed by atoms with E-state index >= 15 is 0 Å².